The van der Waals surface area contributed by atoms with Gasteiger partial charge in [-0.25, -0.2) is 0 Å². The molecular formula is C23H25N3O3. The standard InChI is InChI=1S/C23H25N3O3/c1-16-6-5-7-19(23(28)25-11-3-4-12-25)22(16)24-21(27)15-26-13-10-17-14-18(29-2)8-9-20(17)26/h5-10,13-14H,3-4,11-12,15H2,1-2H3,(H,24,27). The second-order valence-electron chi connectivity index (χ2n) is 7.41. The van der Waals surface area contributed by atoms with Gasteiger partial charge in [0.1, 0.15) is 12.3 Å². The molecule has 0 radical (unpaired) electrons. The average molecular weight is 391 g/mol. The van der Waals surface area contributed by atoms with Crippen molar-refractivity contribution < 1.29 is 14.3 Å². The predicted molar refractivity (Wildman–Crippen MR) is 113 cm³/mol. The molecule has 2 aromatic carbocycles. The molecule has 1 saturated heterocycles. The summed E-state index contributed by atoms with van der Waals surface area (Å²) in [6.07, 6.45) is 3.95. The van der Waals surface area contributed by atoms with Crippen molar-refractivity contribution in [3.63, 3.8) is 0 Å². The number of aryl methyl sites for hydroxylation is 1. The fourth-order valence-electron chi connectivity index (χ4n) is 3.88. The summed E-state index contributed by atoms with van der Waals surface area (Å²) in [5.41, 5.74) is 3.00. The van der Waals surface area contributed by atoms with Crippen LogP contribution in [0, 0.1) is 6.92 Å². The quantitative estimate of drug-likeness (QED) is 0.719. The van der Waals surface area contributed by atoms with Crippen LogP contribution in [0.2, 0.25) is 0 Å². The number of fused-ring (bicyclic) bond motifs is 1. The third-order valence-electron chi connectivity index (χ3n) is 5.45. The number of rotatable bonds is 5. The first-order chi connectivity index (χ1) is 14.1. The van der Waals surface area contributed by atoms with E-state index in [1.54, 1.807) is 13.2 Å². The van der Waals surface area contributed by atoms with Crippen LogP contribution in [0.4, 0.5) is 5.69 Å². The molecular weight excluding hydrogens is 366 g/mol. The van der Waals surface area contributed by atoms with Crippen molar-refractivity contribution in [1.29, 1.82) is 0 Å². The summed E-state index contributed by atoms with van der Waals surface area (Å²) in [7, 11) is 1.63. The van der Waals surface area contributed by atoms with E-state index in [9.17, 15) is 9.59 Å². The number of aromatic nitrogens is 1. The van der Waals surface area contributed by atoms with Gasteiger partial charge in [0.05, 0.1) is 18.4 Å². The molecule has 3 aromatic rings. The third-order valence-corrected chi connectivity index (χ3v) is 5.45. The van der Waals surface area contributed by atoms with Gasteiger partial charge in [-0.15, -0.1) is 0 Å². The summed E-state index contributed by atoms with van der Waals surface area (Å²) >= 11 is 0. The number of carbonyl (C=O) groups is 2. The molecule has 0 aliphatic carbocycles. The Morgan fingerprint density at radius 1 is 1.10 bits per heavy atom. The van der Waals surface area contributed by atoms with Crippen molar-refractivity contribution >= 4 is 28.4 Å². The second-order valence-corrected chi connectivity index (χ2v) is 7.41. The lowest BCUT2D eigenvalue weighted by molar-refractivity contribution is -0.116. The predicted octanol–water partition coefficient (Wildman–Crippen LogP) is 3.83. The molecule has 0 atom stereocenters. The van der Waals surface area contributed by atoms with Gasteiger partial charge in [-0.1, -0.05) is 12.1 Å². The summed E-state index contributed by atoms with van der Waals surface area (Å²) in [4.78, 5) is 27.6. The minimum atomic E-state index is -0.164. The van der Waals surface area contributed by atoms with Crippen molar-refractivity contribution in [2.45, 2.75) is 26.3 Å². The first kappa shape index (κ1) is 19.1. The summed E-state index contributed by atoms with van der Waals surface area (Å²) in [6.45, 7) is 3.63. The Morgan fingerprint density at radius 3 is 2.66 bits per heavy atom. The normalized spacial score (nSPS) is 13.7. The minimum absolute atomic E-state index is 0.0139. The van der Waals surface area contributed by atoms with E-state index >= 15 is 0 Å². The lowest BCUT2D eigenvalue weighted by Crippen LogP contribution is -2.29. The van der Waals surface area contributed by atoms with Crippen LogP contribution >= 0.6 is 0 Å². The van der Waals surface area contributed by atoms with Crippen LogP contribution in [0.25, 0.3) is 10.9 Å². The Kier molecular flexibility index (Phi) is 5.25. The Morgan fingerprint density at radius 2 is 1.90 bits per heavy atom. The van der Waals surface area contributed by atoms with E-state index in [1.807, 2.05) is 59.0 Å². The molecule has 2 amide bonds. The zero-order valence-corrected chi connectivity index (χ0v) is 16.8. The highest BCUT2D eigenvalue weighted by molar-refractivity contribution is 6.04. The monoisotopic (exact) mass is 391 g/mol. The number of para-hydroxylation sites is 1. The first-order valence-electron chi connectivity index (χ1n) is 9.88. The van der Waals surface area contributed by atoms with Gasteiger partial charge in [0.2, 0.25) is 5.91 Å². The zero-order chi connectivity index (χ0) is 20.4. The van der Waals surface area contributed by atoms with Crippen molar-refractivity contribution in [3.8, 4) is 5.75 Å². The molecule has 0 bridgehead atoms. The molecule has 1 N–H and O–H groups in total. The van der Waals surface area contributed by atoms with Crippen LogP contribution < -0.4 is 10.1 Å². The van der Waals surface area contributed by atoms with E-state index in [2.05, 4.69) is 5.32 Å². The molecule has 0 unspecified atom stereocenters. The second kappa shape index (κ2) is 7.99. The fraction of sp³-hybridized carbons (Fsp3) is 0.304. The van der Waals surface area contributed by atoms with Gasteiger partial charge >= 0.3 is 0 Å². The lowest BCUT2D eigenvalue weighted by Gasteiger charge is -2.19. The molecule has 2 heterocycles. The maximum atomic E-state index is 12.9. The number of methoxy groups -OCH3 is 1. The van der Waals surface area contributed by atoms with Gasteiger partial charge in [-0.3, -0.25) is 9.59 Å². The molecule has 1 aromatic heterocycles. The van der Waals surface area contributed by atoms with Crippen molar-refractivity contribution in [3.05, 3.63) is 59.8 Å². The van der Waals surface area contributed by atoms with Crippen LogP contribution in [0.3, 0.4) is 0 Å². The largest absolute Gasteiger partial charge is 0.497 e. The van der Waals surface area contributed by atoms with Crippen LogP contribution in [0.5, 0.6) is 5.75 Å². The van der Waals surface area contributed by atoms with Crippen LogP contribution in [-0.4, -0.2) is 41.5 Å². The van der Waals surface area contributed by atoms with Crippen LogP contribution in [-0.2, 0) is 11.3 Å². The number of ether oxygens (including phenoxy) is 1. The van der Waals surface area contributed by atoms with Crippen molar-refractivity contribution in [1.82, 2.24) is 9.47 Å². The summed E-state index contributed by atoms with van der Waals surface area (Å²) < 4.78 is 7.15. The van der Waals surface area contributed by atoms with Gasteiger partial charge in [0.15, 0.2) is 0 Å². The zero-order valence-electron chi connectivity index (χ0n) is 16.8. The lowest BCUT2D eigenvalue weighted by atomic mass is 10.1. The Labute approximate surface area is 170 Å². The Hall–Kier alpha value is -3.28. The smallest absolute Gasteiger partial charge is 0.255 e. The number of amides is 2. The SMILES string of the molecule is COc1ccc2c(ccn2CC(=O)Nc2c(C)cccc2C(=O)N2CCCC2)c1. The van der Waals surface area contributed by atoms with E-state index < -0.39 is 0 Å². The summed E-state index contributed by atoms with van der Waals surface area (Å²) in [5, 5.41) is 3.99. The molecule has 6 nitrogen and oxygen atoms in total. The highest BCUT2D eigenvalue weighted by atomic mass is 16.5. The molecule has 1 aliphatic heterocycles. The molecule has 6 heteroatoms. The first-order valence-corrected chi connectivity index (χ1v) is 9.88. The molecule has 0 spiro atoms. The van der Waals surface area contributed by atoms with Crippen molar-refractivity contribution in [2.75, 3.05) is 25.5 Å². The molecule has 150 valence electrons. The van der Waals surface area contributed by atoms with E-state index in [1.165, 1.54) is 0 Å². The number of benzene rings is 2. The molecule has 0 saturated carbocycles. The summed E-state index contributed by atoms with van der Waals surface area (Å²) in [5.74, 6) is 0.604. The number of hydrogen-bond acceptors (Lipinski definition) is 3. The van der Waals surface area contributed by atoms with Gasteiger partial charge in [0.25, 0.3) is 5.91 Å². The number of anilines is 1. The molecule has 4 rings (SSSR count). The number of likely N-dealkylation sites (tertiary alicyclic amines) is 1. The van der Waals surface area contributed by atoms with Gasteiger partial charge in [0, 0.05) is 30.2 Å². The molecule has 29 heavy (non-hydrogen) atoms. The molecule has 1 aliphatic rings. The number of nitrogens with zero attached hydrogens (tertiary/aromatic N) is 2. The maximum Gasteiger partial charge on any atom is 0.255 e. The van der Waals surface area contributed by atoms with Crippen molar-refractivity contribution in [2.24, 2.45) is 0 Å². The number of hydrogen-bond donors (Lipinski definition) is 1. The third kappa shape index (κ3) is 3.83. The highest BCUT2D eigenvalue weighted by Gasteiger charge is 2.23. The van der Waals surface area contributed by atoms with E-state index in [0.717, 1.165) is 48.1 Å². The Bertz CT molecular complexity index is 1060. The van der Waals surface area contributed by atoms with Crippen LogP contribution in [0.15, 0.2) is 48.7 Å². The topological polar surface area (TPSA) is 63.6 Å². The van der Waals surface area contributed by atoms with E-state index in [4.69, 9.17) is 4.74 Å². The van der Waals surface area contributed by atoms with E-state index in [0.29, 0.717) is 11.3 Å². The minimum Gasteiger partial charge on any atom is -0.497 e. The fourth-order valence-corrected chi connectivity index (χ4v) is 3.88. The summed E-state index contributed by atoms with van der Waals surface area (Å²) in [6, 6.07) is 13.3. The van der Waals surface area contributed by atoms with Gasteiger partial charge < -0.3 is 19.5 Å². The molecule has 1 fully saturated rings. The average Bonchev–Trinajstić information content (AvgIpc) is 3.39. The van der Waals surface area contributed by atoms with E-state index in [-0.39, 0.29) is 18.4 Å². The van der Waals surface area contributed by atoms with Gasteiger partial charge in [-0.05, 0) is 55.7 Å². The number of nitrogens with one attached hydrogen (secondary N) is 1. The van der Waals surface area contributed by atoms with Gasteiger partial charge in [-0.2, -0.15) is 0 Å². The van der Waals surface area contributed by atoms with Crippen LogP contribution in [0.1, 0.15) is 28.8 Å². The highest BCUT2D eigenvalue weighted by Crippen LogP contribution is 2.25. The Balaban J connectivity index is 1.55. The maximum absolute atomic E-state index is 12.9. The number of carbonyl (C=O) groups excluding carboxylic acids is 2.